The molecule has 2 N–H and O–H groups in total. The molecule has 3 aromatic rings. The zero-order chi connectivity index (χ0) is 11.8. The van der Waals surface area contributed by atoms with E-state index in [2.05, 4.69) is 20.2 Å². The van der Waals surface area contributed by atoms with Crippen LogP contribution in [0.2, 0.25) is 0 Å². The summed E-state index contributed by atoms with van der Waals surface area (Å²) in [5.74, 6) is 0.844. The number of rotatable bonds is 2. The largest absolute Gasteiger partial charge is 0.375 e. The summed E-state index contributed by atoms with van der Waals surface area (Å²) in [5, 5.41) is 10.2. The van der Waals surface area contributed by atoms with Crippen molar-refractivity contribution in [3.63, 3.8) is 0 Å². The van der Waals surface area contributed by atoms with Crippen LogP contribution in [-0.4, -0.2) is 24.9 Å². The van der Waals surface area contributed by atoms with E-state index in [4.69, 9.17) is 10.3 Å². The summed E-state index contributed by atoms with van der Waals surface area (Å²) in [6.45, 7) is 0. The van der Waals surface area contributed by atoms with Crippen LogP contribution in [0.5, 0.6) is 0 Å². The van der Waals surface area contributed by atoms with Crippen molar-refractivity contribution in [3.05, 3.63) is 17.8 Å². The molecule has 0 atom stereocenters. The maximum absolute atomic E-state index is 5.54. The molecule has 3 rings (SSSR count). The number of anilines is 1. The Balaban J connectivity index is 1.98. The average molecular weight is 248 g/mol. The molecule has 0 radical (unpaired) electrons. The molecule has 8 heteroatoms. The fraction of sp³-hybridized carbons (Fsp3) is 0.111. The minimum Gasteiger partial charge on any atom is -0.375 e. The molecule has 3 heterocycles. The van der Waals surface area contributed by atoms with Crippen LogP contribution in [0.4, 0.5) is 5.13 Å². The second kappa shape index (κ2) is 3.67. The van der Waals surface area contributed by atoms with Crippen molar-refractivity contribution < 1.29 is 4.52 Å². The van der Waals surface area contributed by atoms with Crippen molar-refractivity contribution in [1.82, 2.24) is 24.9 Å². The molecule has 17 heavy (non-hydrogen) atoms. The lowest BCUT2D eigenvalue weighted by Gasteiger charge is -1.84. The Kier molecular flexibility index (Phi) is 2.15. The first kappa shape index (κ1) is 9.97. The zero-order valence-corrected chi connectivity index (χ0v) is 9.68. The third-order valence-electron chi connectivity index (χ3n) is 2.13. The molecule has 0 amide bonds. The summed E-state index contributed by atoms with van der Waals surface area (Å²) >= 11 is 1.33. The van der Waals surface area contributed by atoms with Gasteiger partial charge in [0.15, 0.2) is 5.13 Å². The van der Waals surface area contributed by atoms with Gasteiger partial charge in [-0.05, 0) is 0 Å². The predicted molar refractivity (Wildman–Crippen MR) is 62.0 cm³/mol. The van der Waals surface area contributed by atoms with E-state index in [1.165, 1.54) is 11.3 Å². The number of nitrogen functional groups attached to an aromatic ring is 1. The van der Waals surface area contributed by atoms with Gasteiger partial charge in [-0.2, -0.15) is 10.1 Å². The third kappa shape index (κ3) is 1.78. The first-order chi connectivity index (χ1) is 8.22. The highest BCUT2D eigenvalue weighted by molar-refractivity contribution is 7.13. The summed E-state index contributed by atoms with van der Waals surface area (Å²) in [6.07, 6.45) is 3.48. The van der Waals surface area contributed by atoms with E-state index in [9.17, 15) is 0 Å². The fourth-order valence-corrected chi connectivity index (χ4v) is 1.90. The lowest BCUT2D eigenvalue weighted by molar-refractivity contribution is 0.431. The van der Waals surface area contributed by atoms with Gasteiger partial charge in [0.25, 0.3) is 5.89 Å². The minimum absolute atomic E-state index is 0.358. The normalized spacial score (nSPS) is 10.9. The van der Waals surface area contributed by atoms with Crippen LogP contribution in [0.3, 0.4) is 0 Å². The monoisotopic (exact) mass is 248 g/mol. The number of hydrogen-bond acceptors (Lipinski definition) is 7. The first-order valence-corrected chi connectivity index (χ1v) is 5.64. The highest BCUT2D eigenvalue weighted by Gasteiger charge is 2.13. The van der Waals surface area contributed by atoms with Crippen molar-refractivity contribution in [1.29, 1.82) is 0 Å². The number of aromatic nitrogens is 5. The summed E-state index contributed by atoms with van der Waals surface area (Å²) in [4.78, 5) is 8.31. The molecular formula is C9H8N6OS. The number of nitrogens with two attached hydrogens (primary N) is 1. The van der Waals surface area contributed by atoms with Gasteiger partial charge in [0.2, 0.25) is 5.82 Å². The molecule has 0 unspecified atom stereocenters. The van der Waals surface area contributed by atoms with Gasteiger partial charge in [-0.1, -0.05) is 5.16 Å². The second-order valence-electron chi connectivity index (χ2n) is 3.40. The SMILES string of the molecule is Cn1cc(-c2noc(-c3csc(N)n3)n2)cn1. The summed E-state index contributed by atoms with van der Waals surface area (Å²) in [5.41, 5.74) is 6.93. The molecule has 0 spiro atoms. The molecule has 0 bridgehead atoms. The van der Waals surface area contributed by atoms with E-state index in [-0.39, 0.29) is 0 Å². The molecule has 0 saturated heterocycles. The number of thiazole rings is 1. The molecule has 0 aliphatic heterocycles. The van der Waals surface area contributed by atoms with Gasteiger partial charge in [-0.25, -0.2) is 4.98 Å². The van der Waals surface area contributed by atoms with Crippen molar-refractivity contribution in [2.75, 3.05) is 5.73 Å². The summed E-state index contributed by atoms with van der Waals surface area (Å²) in [6, 6.07) is 0. The van der Waals surface area contributed by atoms with Gasteiger partial charge in [-0.3, -0.25) is 4.68 Å². The Hall–Kier alpha value is -2.22. The van der Waals surface area contributed by atoms with Crippen molar-refractivity contribution >= 4 is 16.5 Å². The number of nitrogens with zero attached hydrogens (tertiary/aromatic N) is 5. The van der Waals surface area contributed by atoms with Gasteiger partial charge in [-0.15, -0.1) is 11.3 Å². The molecule has 0 aliphatic rings. The lowest BCUT2D eigenvalue weighted by atomic mass is 10.3. The Labute approximate surface area is 99.9 Å². The quantitative estimate of drug-likeness (QED) is 0.731. The van der Waals surface area contributed by atoms with Gasteiger partial charge < -0.3 is 10.3 Å². The standard InChI is InChI=1S/C9H8N6OS/c1-15-3-5(2-11-15)7-13-8(16-14-7)6-4-17-9(10)12-6/h2-4H,1H3,(H2,10,12). The van der Waals surface area contributed by atoms with E-state index in [1.807, 2.05) is 13.2 Å². The number of hydrogen-bond donors (Lipinski definition) is 1. The average Bonchev–Trinajstić information content (AvgIpc) is 2.96. The minimum atomic E-state index is 0.358. The molecule has 0 saturated carbocycles. The Morgan fingerprint density at radius 3 is 2.94 bits per heavy atom. The molecular weight excluding hydrogens is 240 g/mol. The third-order valence-corrected chi connectivity index (χ3v) is 2.80. The molecule has 0 fully saturated rings. The van der Waals surface area contributed by atoms with E-state index in [1.54, 1.807) is 16.3 Å². The smallest absolute Gasteiger partial charge is 0.277 e. The summed E-state index contributed by atoms with van der Waals surface area (Å²) < 4.78 is 6.79. The van der Waals surface area contributed by atoms with Crippen molar-refractivity contribution in [2.24, 2.45) is 7.05 Å². The van der Waals surface area contributed by atoms with Crippen LogP contribution >= 0.6 is 11.3 Å². The summed E-state index contributed by atoms with van der Waals surface area (Å²) in [7, 11) is 1.83. The number of aryl methyl sites for hydroxylation is 1. The Bertz CT molecular complexity index is 599. The van der Waals surface area contributed by atoms with Crippen LogP contribution in [0.25, 0.3) is 23.0 Å². The van der Waals surface area contributed by atoms with Crippen LogP contribution < -0.4 is 5.73 Å². The first-order valence-electron chi connectivity index (χ1n) is 4.76. The Morgan fingerprint density at radius 1 is 1.41 bits per heavy atom. The van der Waals surface area contributed by atoms with E-state index in [0.29, 0.717) is 22.5 Å². The van der Waals surface area contributed by atoms with Gasteiger partial charge in [0.1, 0.15) is 5.69 Å². The molecule has 3 aromatic heterocycles. The highest BCUT2D eigenvalue weighted by Crippen LogP contribution is 2.23. The van der Waals surface area contributed by atoms with Gasteiger partial charge in [0.05, 0.1) is 11.8 Å². The maximum atomic E-state index is 5.54. The van der Waals surface area contributed by atoms with E-state index in [0.717, 1.165) is 5.56 Å². The molecule has 7 nitrogen and oxygen atoms in total. The van der Waals surface area contributed by atoms with Crippen molar-refractivity contribution in [3.8, 4) is 23.0 Å². The zero-order valence-electron chi connectivity index (χ0n) is 8.86. The second-order valence-corrected chi connectivity index (χ2v) is 4.29. The highest BCUT2D eigenvalue weighted by atomic mass is 32.1. The van der Waals surface area contributed by atoms with Crippen LogP contribution in [0, 0.1) is 0 Å². The van der Waals surface area contributed by atoms with E-state index < -0.39 is 0 Å². The van der Waals surface area contributed by atoms with Crippen LogP contribution in [0.1, 0.15) is 0 Å². The maximum Gasteiger partial charge on any atom is 0.277 e. The molecule has 86 valence electrons. The van der Waals surface area contributed by atoms with Crippen LogP contribution in [-0.2, 0) is 7.05 Å². The fourth-order valence-electron chi connectivity index (χ4n) is 1.37. The van der Waals surface area contributed by atoms with Crippen molar-refractivity contribution in [2.45, 2.75) is 0 Å². The predicted octanol–water partition coefficient (Wildman–Crippen LogP) is 1.18. The topological polar surface area (TPSA) is 95.7 Å². The van der Waals surface area contributed by atoms with Crippen LogP contribution in [0.15, 0.2) is 22.3 Å². The molecule has 0 aliphatic carbocycles. The van der Waals surface area contributed by atoms with Gasteiger partial charge in [0, 0.05) is 18.6 Å². The lowest BCUT2D eigenvalue weighted by Crippen LogP contribution is -1.84. The van der Waals surface area contributed by atoms with E-state index >= 15 is 0 Å². The van der Waals surface area contributed by atoms with Gasteiger partial charge >= 0.3 is 0 Å². The Morgan fingerprint density at radius 2 is 2.29 bits per heavy atom. The molecule has 0 aromatic carbocycles.